The molecular formula is C36H47Cl2F4N3O5. The molecule has 3 heterocycles. The molecule has 3 aliphatic heterocycles. The van der Waals surface area contributed by atoms with Crippen LogP contribution in [0.1, 0.15) is 79.9 Å². The Labute approximate surface area is 302 Å². The van der Waals surface area contributed by atoms with Crippen LogP contribution in [0.3, 0.4) is 0 Å². The number of benzene rings is 2. The highest BCUT2D eigenvalue weighted by Crippen LogP contribution is 2.45. The average Bonchev–Trinajstić information content (AvgIpc) is 3.46. The van der Waals surface area contributed by atoms with Gasteiger partial charge in [-0.15, -0.1) is 24.8 Å². The second kappa shape index (κ2) is 16.3. The minimum atomic E-state index is -4.52. The molecule has 4 fully saturated rings. The molecule has 3 saturated heterocycles. The number of aliphatic hydroxyl groups is 1. The summed E-state index contributed by atoms with van der Waals surface area (Å²) >= 11 is 0. The van der Waals surface area contributed by atoms with Gasteiger partial charge in [-0.25, -0.2) is 4.39 Å². The third kappa shape index (κ3) is 8.29. The molecule has 278 valence electrons. The van der Waals surface area contributed by atoms with E-state index >= 15 is 4.39 Å². The fourth-order valence-corrected chi connectivity index (χ4v) is 8.34. The van der Waals surface area contributed by atoms with Crippen LogP contribution >= 0.6 is 24.8 Å². The van der Waals surface area contributed by atoms with E-state index in [1.54, 1.807) is 24.1 Å². The Morgan fingerprint density at radius 2 is 1.50 bits per heavy atom. The number of aliphatic hydroxyl groups excluding tert-OH is 1. The number of likely N-dealkylation sites (tertiary alicyclic amines) is 2. The van der Waals surface area contributed by atoms with Gasteiger partial charge in [-0.05, 0) is 92.7 Å². The number of carboxylic acids is 1. The molecule has 0 bridgehead atoms. The lowest BCUT2D eigenvalue weighted by Crippen LogP contribution is -2.53. The predicted molar refractivity (Wildman–Crippen MR) is 186 cm³/mol. The lowest BCUT2D eigenvalue weighted by molar-refractivity contribution is -0.145. The van der Waals surface area contributed by atoms with Crippen LogP contribution in [0.2, 0.25) is 0 Å². The van der Waals surface area contributed by atoms with Gasteiger partial charge in [0.25, 0.3) is 5.91 Å². The normalized spacial score (nSPS) is 27.0. The van der Waals surface area contributed by atoms with Crippen molar-refractivity contribution in [3.05, 3.63) is 59.2 Å². The van der Waals surface area contributed by atoms with Gasteiger partial charge in [-0.1, -0.05) is 18.2 Å². The monoisotopic (exact) mass is 747 g/mol. The molecule has 6 rings (SSSR count). The zero-order chi connectivity index (χ0) is 34.2. The smallest absolute Gasteiger partial charge is 0.416 e. The minimum absolute atomic E-state index is 0. The van der Waals surface area contributed by atoms with E-state index in [0.29, 0.717) is 69.6 Å². The van der Waals surface area contributed by atoms with Crippen LogP contribution in [-0.2, 0) is 15.8 Å². The number of carbonyl (C=O) groups is 2. The van der Waals surface area contributed by atoms with Crippen LogP contribution in [0.25, 0.3) is 0 Å². The Bertz CT molecular complexity index is 1460. The Hall–Kier alpha value is -2.80. The Balaban J connectivity index is 0.00000281. The molecule has 2 atom stereocenters. The number of nitrogens with zero attached hydrogens (tertiary/aromatic N) is 3. The number of halogens is 6. The molecule has 8 nitrogen and oxygen atoms in total. The number of amides is 1. The molecule has 0 aromatic heterocycles. The summed E-state index contributed by atoms with van der Waals surface area (Å²) in [7, 11) is 1.56. The van der Waals surface area contributed by atoms with Crippen LogP contribution < -0.4 is 9.64 Å². The van der Waals surface area contributed by atoms with E-state index in [9.17, 15) is 33.0 Å². The van der Waals surface area contributed by atoms with Crippen molar-refractivity contribution in [2.45, 2.75) is 87.2 Å². The summed E-state index contributed by atoms with van der Waals surface area (Å²) in [6, 6.07) is 11.1. The fraction of sp³-hybridized carbons (Fsp3) is 0.611. The van der Waals surface area contributed by atoms with E-state index in [2.05, 4.69) is 4.90 Å². The highest BCUT2D eigenvalue weighted by atomic mass is 35.5. The van der Waals surface area contributed by atoms with Crippen molar-refractivity contribution in [3.8, 4) is 5.75 Å². The molecule has 2 aromatic carbocycles. The second-order valence-electron chi connectivity index (χ2n) is 14.0. The first-order valence-corrected chi connectivity index (χ1v) is 17.1. The Morgan fingerprint density at radius 1 is 0.880 bits per heavy atom. The van der Waals surface area contributed by atoms with Crippen molar-refractivity contribution in [1.82, 2.24) is 9.80 Å². The van der Waals surface area contributed by atoms with Gasteiger partial charge in [0.2, 0.25) is 5.67 Å². The van der Waals surface area contributed by atoms with E-state index in [1.165, 1.54) is 12.1 Å². The Morgan fingerprint density at radius 3 is 2.06 bits per heavy atom. The number of aliphatic carboxylic acids is 1. The first-order valence-electron chi connectivity index (χ1n) is 17.1. The SMILES string of the molecule is COc1ccc([C@@H]2CN(C3CCC(O)CC3)C[C@@]2(F)C(=O)N2CCC(c3ccc(C(F)(F)F)cc3N3CCC(C(=O)O)CC3)CC2)cc1.Cl.Cl. The molecule has 2 aromatic rings. The predicted octanol–water partition coefficient (Wildman–Crippen LogP) is 6.68. The van der Waals surface area contributed by atoms with Crippen LogP contribution in [0.5, 0.6) is 5.75 Å². The third-order valence-electron chi connectivity index (χ3n) is 11.2. The number of anilines is 1. The number of hydrogen-bond donors (Lipinski definition) is 2. The molecule has 0 unspecified atom stereocenters. The fourth-order valence-electron chi connectivity index (χ4n) is 8.34. The highest BCUT2D eigenvalue weighted by molar-refractivity contribution is 5.87. The van der Waals surface area contributed by atoms with Crippen LogP contribution in [0, 0.1) is 5.92 Å². The Kier molecular flexibility index (Phi) is 13.0. The summed E-state index contributed by atoms with van der Waals surface area (Å²) in [4.78, 5) is 31.2. The van der Waals surface area contributed by atoms with Crippen molar-refractivity contribution < 1.29 is 42.1 Å². The maximum absolute atomic E-state index is 17.4. The van der Waals surface area contributed by atoms with E-state index < -0.39 is 41.1 Å². The summed E-state index contributed by atoms with van der Waals surface area (Å²) in [6.07, 6.45) is -0.421. The topological polar surface area (TPSA) is 93.6 Å². The maximum atomic E-state index is 17.4. The average molecular weight is 749 g/mol. The molecule has 1 aliphatic carbocycles. The van der Waals surface area contributed by atoms with E-state index in [0.717, 1.165) is 30.0 Å². The number of piperidine rings is 2. The van der Waals surface area contributed by atoms with Crippen molar-refractivity contribution >= 4 is 42.4 Å². The van der Waals surface area contributed by atoms with Crippen molar-refractivity contribution in [3.63, 3.8) is 0 Å². The van der Waals surface area contributed by atoms with E-state index in [1.807, 2.05) is 17.0 Å². The first kappa shape index (κ1) is 40.0. The van der Waals surface area contributed by atoms with Crippen LogP contribution in [0.15, 0.2) is 42.5 Å². The summed E-state index contributed by atoms with van der Waals surface area (Å²) in [5, 5.41) is 19.5. The van der Waals surface area contributed by atoms with Crippen LogP contribution in [0.4, 0.5) is 23.2 Å². The zero-order valence-corrected chi connectivity index (χ0v) is 29.7. The number of carboxylic acid groups (broad SMARTS) is 1. The third-order valence-corrected chi connectivity index (χ3v) is 11.2. The molecule has 0 spiro atoms. The molecule has 4 aliphatic rings. The number of rotatable bonds is 7. The van der Waals surface area contributed by atoms with Gasteiger partial charge in [-0.3, -0.25) is 14.5 Å². The first-order chi connectivity index (χ1) is 22.9. The molecule has 0 radical (unpaired) electrons. The minimum Gasteiger partial charge on any atom is -0.497 e. The largest absolute Gasteiger partial charge is 0.497 e. The summed E-state index contributed by atoms with van der Waals surface area (Å²) in [6.45, 7) is 1.60. The van der Waals surface area contributed by atoms with Gasteiger partial charge in [0.15, 0.2) is 0 Å². The van der Waals surface area contributed by atoms with E-state index in [-0.39, 0.29) is 62.5 Å². The molecule has 1 amide bonds. The summed E-state index contributed by atoms with van der Waals surface area (Å²) < 4.78 is 64.0. The zero-order valence-electron chi connectivity index (χ0n) is 28.1. The van der Waals surface area contributed by atoms with Gasteiger partial charge in [-0.2, -0.15) is 13.2 Å². The number of hydrogen-bond acceptors (Lipinski definition) is 6. The number of methoxy groups -OCH3 is 1. The van der Waals surface area contributed by atoms with Crippen molar-refractivity contribution in [2.75, 3.05) is 51.3 Å². The summed E-state index contributed by atoms with van der Waals surface area (Å²) in [5.41, 5.74) is -0.978. The molecular weight excluding hydrogens is 701 g/mol. The van der Waals surface area contributed by atoms with Gasteiger partial charge in [0.1, 0.15) is 5.75 Å². The van der Waals surface area contributed by atoms with Crippen molar-refractivity contribution in [1.29, 1.82) is 0 Å². The van der Waals surface area contributed by atoms with Gasteiger partial charge in [0, 0.05) is 56.9 Å². The van der Waals surface area contributed by atoms with Crippen LogP contribution in [-0.4, -0.2) is 96.1 Å². The van der Waals surface area contributed by atoms with E-state index in [4.69, 9.17) is 4.74 Å². The summed E-state index contributed by atoms with van der Waals surface area (Å²) in [5.74, 6) is -2.14. The second-order valence-corrected chi connectivity index (χ2v) is 14.0. The molecule has 50 heavy (non-hydrogen) atoms. The lowest BCUT2D eigenvalue weighted by atomic mass is 9.83. The number of ether oxygens (including phenoxy) is 1. The number of carbonyl (C=O) groups excluding carboxylic acids is 1. The molecule has 1 saturated carbocycles. The maximum Gasteiger partial charge on any atom is 0.416 e. The lowest BCUT2D eigenvalue weighted by Gasteiger charge is -2.39. The van der Waals surface area contributed by atoms with Gasteiger partial charge < -0.3 is 24.7 Å². The van der Waals surface area contributed by atoms with Gasteiger partial charge >= 0.3 is 12.1 Å². The highest BCUT2D eigenvalue weighted by Gasteiger charge is 2.56. The van der Waals surface area contributed by atoms with Gasteiger partial charge in [0.05, 0.1) is 24.7 Å². The van der Waals surface area contributed by atoms with Crippen molar-refractivity contribution in [2.24, 2.45) is 5.92 Å². The molecule has 14 heteroatoms. The molecule has 2 N–H and O–H groups in total. The standard InChI is InChI=1S/C36H45F4N3O5.2ClH/c1-48-29-9-2-24(3-10-29)31-21-43(27-5-7-28(44)8-6-27)22-35(31,37)34(47)42-18-12-23(13-19-42)30-11-4-26(36(38,39)40)20-32(30)41-16-14-25(15-17-41)33(45)46;;/h2-4,9-11,20,23,25,27-28,31,44H,5-8,12-19,21-22H2,1H3,(H,45,46);2*1H/t27?,28?,31-,35-;;/m0../s1. The number of alkyl halides is 4. The quantitative estimate of drug-likeness (QED) is 0.306.